The van der Waals surface area contributed by atoms with E-state index < -0.39 is 5.41 Å². The Morgan fingerprint density at radius 3 is 1.49 bits per heavy atom. The van der Waals surface area contributed by atoms with E-state index in [9.17, 15) is 0 Å². The molecular formula is C58H41N. The van der Waals surface area contributed by atoms with Crippen molar-refractivity contribution in [3.8, 4) is 55.6 Å². The molecule has 0 aromatic heterocycles. The summed E-state index contributed by atoms with van der Waals surface area (Å²) in [6, 6.07) is 79.1. The van der Waals surface area contributed by atoms with Crippen LogP contribution in [0.1, 0.15) is 47.2 Å². The van der Waals surface area contributed by atoms with Gasteiger partial charge in [0.05, 0.1) is 11.1 Å². The van der Waals surface area contributed by atoms with E-state index in [4.69, 9.17) is 0 Å². The lowest BCUT2D eigenvalue weighted by molar-refractivity contribution is 0.662. The summed E-state index contributed by atoms with van der Waals surface area (Å²) in [6.07, 6.45) is 0. The van der Waals surface area contributed by atoms with Gasteiger partial charge >= 0.3 is 0 Å². The zero-order valence-electron chi connectivity index (χ0n) is 33.2. The molecule has 0 saturated heterocycles. The average Bonchev–Trinajstić information content (AvgIpc) is 3.86. The highest BCUT2D eigenvalue weighted by Crippen LogP contribution is 2.64. The standard InChI is InChI=1S/C58H41N/c1-57(2)49-27-10-6-23-46(49)47-26-15-25-43(56(47)57)40-19-14-20-42(37-40)59(41-35-33-39(34-36-41)38-17-4-3-5-18-38)54-32-16-31-53-55(54)48-24-9-13-30-52(48)58(53)50-28-11-7-21-44(50)45-22-8-12-29-51(45)58/h3-37H,1-2H3. The molecule has 0 N–H and O–H groups in total. The molecular weight excluding hydrogens is 711 g/mol. The van der Waals surface area contributed by atoms with Crippen molar-refractivity contribution in [2.75, 3.05) is 4.90 Å². The summed E-state index contributed by atoms with van der Waals surface area (Å²) in [7, 11) is 0. The molecule has 1 heteroatoms. The van der Waals surface area contributed by atoms with Crippen LogP contribution in [-0.4, -0.2) is 0 Å². The molecule has 0 unspecified atom stereocenters. The van der Waals surface area contributed by atoms with Crippen LogP contribution in [0.3, 0.4) is 0 Å². The number of anilines is 3. The third-order valence-electron chi connectivity index (χ3n) is 13.5. The molecule has 0 atom stereocenters. The van der Waals surface area contributed by atoms with Gasteiger partial charge in [-0.1, -0.05) is 196 Å². The van der Waals surface area contributed by atoms with Crippen molar-refractivity contribution in [1.29, 1.82) is 0 Å². The van der Waals surface area contributed by atoms with Gasteiger partial charge < -0.3 is 4.90 Å². The fraction of sp³-hybridized carbons (Fsp3) is 0.0690. The Morgan fingerprint density at radius 1 is 0.322 bits per heavy atom. The van der Waals surface area contributed by atoms with Gasteiger partial charge in [-0.25, -0.2) is 0 Å². The summed E-state index contributed by atoms with van der Waals surface area (Å²) in [6.45, 7) is 4.76. The molecule has 0 amide bonds. The lowest BCUT2D eigenvalue weighted by Gasteiger charge is -2.32. The van der Waals surface area contributed by atoms with Crippen LogP contribution in [0.4, 0.5) is 17.1 Å². The highest BCUT2D eigenvalue weighted by Gasteiger charge is 2.52. The molecule has 0 aliphatic heterocycles. The molecule has 0 heterocycles. The maximum Gasteiger partial charge on any atom is 0.0726 e. The first-order valence-electron chi connectivity index (χ1n) is 20.8. The van der Waals surface area contributed by atoms with Crippen molar-refractivity contribution in [1.82, 2.24) is 0 Å². The third kappa shape index (κ3) is 4.67. The molecule has 3 aliphatic rings. The molecule has 1 nitrogen and oxygen atoms in total. The summed E-state index contributed by atoms with van der Waals surface area (Å²) in [4.78, 5) is 2.50. The molecule has 0 fully saturated rings. The smallest absolute Gasteiger partial charge is 0.0726 e. The van der Waals surface area contributed by atoms with E-state index in [-0.39, 0.29) is 5.41 Å². The first kappa shape index (κ1) is 33.9. The van der Waals surface area contributed by atoms with Gasteiger partial charge in [0.2, 0.25) is 0 Å². The monoisotopic (exact) mass is 751 g/mol. The van der Waals surface area contributed by atoms with E-state index >= 15 is 0 Å². The highest BCUT2D eigenvalue weighted by molar-refractivity contribution is 6.01. The van der Waals surface area contributed by atoms with Crippen LogP contribution in [-0.2, 0) is 10.8 Å². The van der Waals surface area contributed by atoms with Crippen molar-refractivity contribution in [3.63, 3.8) is 0 Å². The van der Waals surface area contributed by atoms with Gasteiger partial charge in [0.1, 0.15) is 0 Å². The van der Waals surface area contributed by atoms with Gasteiger partial charge in [0.15, 0.2) is 0 Å². The Bertz CT molecular complexity index is 3090. The summed E-state index contributed by atoms with van der Waals surface area (Å²) >= 11 is 0. The maximum atomic E-state index is 2.50. The van der Waals surface area contributed by atoms with Gasteiger partial charge in [0, 0.05) is 22.4 Å². The first-order chi connectivity index (χ1) is 29.0. The van der Waals surface area contributed by atoms with Gasteiger partial charge in [-0.05, 0) is 114 Å². The lowest BCUT2D eigenvalue weighted by atomic mass is 9.70. The molecule has 278 valence electrons. The van der Waals surface area contributed by atoms with Crippen LogP contribution < -0.4 is 4.90 Å². The molecule has 9 aromatic carbocycles. The van der Waals surface area contributed by atoms with Crippen molar-refractivity contribution >= 4 is 17.1 Å². The van der Waals surface area contributed by atoms with Gasteiger partial charge in [-0.3, -0.25) is 0 Å². The first-order valence-corrected chi connectivity index (χ1v) is 20.8. The van der Waals surface area contributed by atoms with Crippen molar-refractivity contribution in [3.05, 3.63) is 246 Å². The van der Waals surface area contributed by atoms with E-state index in [1.165, 1.54) is 94.7 Å². The van der Waals surface area contributed by atoms with Crippen LogP contribution in [0.25, 0.3) is 55.6 Å². The number of benzene rings is 9. The van der Waals surface area contributed by atoms with Gasteiger partial charge in [-0.15, -0.1) is 0 Å². The van der Waals surface area contributed by atoms with Crippen LogP contribution in [0, 0.1) is 0 Å². The highest BCUT2D eigenvalue weighted by atomic mass is 15.1. The second-order valence-electron chi connectivity index (χ2n) is 16.8. The quantitative estimate of drug-likeness (QED) is 0.169. The minimum absolute atomic E-state index is 0.127. The Kier molecular flexibility index (Phi) is 7.26. The fourth-order valence-electron chi connectivity index (χ4n) is 11.1. The summed E-state index contributed by atoms with van der Waals surface area (Å²) in [5.41, 5.74) is 23.8. The molecule has 9 aromatic rings. The summed E-state index contributed by atoms with van der Waals surface area (Å²) in [5, 5.41) is 0. The lowest BCUT2D eigenvalue weighted by Crippen LogP contribution is -2.26. The number of fused-ring (bicyclic) bond motifs is 13. The number of hydrogen-bond donors (Lipinski definition) is 0. The molecule has 0 radical (unpaired) electrons. The van der Waals surface area contributed by atoms with E-state index in [0.717, 1.165) is 11.4 Å². The predicted octanol–water partition coefficient (Wildman–Crippen LogP) is 15.1. The molecule has 0 bridgehead atoms. The minimum atomic E-state index is -0.426. The van der Waals surface area contributed by atoms with E-state index in [1.54, 1.807) is 0 Å². The SMILES string of the molecule is CC1(C)c2ccccc2-c2cccc(-c3cccc(N(c4ccc(-c5ccccc5)cc4)c4cccc5c4-c4ccccc4C54c5ccccc5-c5ccccc54)c3)c21. The van der Waals surface area contributed by atoms with E-state index in [0.29, 0.717) is 0 Å². The molecule has 0 saturated carbocycles. The van der Waals surface area contributed by atoms with Crippen molar-refractivity contribution in [2.45, 2.75) is 24.7 Å². The van der Waals surface area contributed by atoms with Crippen LogP contribution in [0.2, 0.25) is 0 Å². The Morgan fingerprint density at radius 2 is 0.797 bits per heavy atom. The largest absolute Gasteiger partial charge is 0.310 e. The van der Waals surface area contributed by atoms with Gasteiger partial charge in [-0.2, -0.15) is 0 Å². The fourth-order valence-corrected chi connectivity index (χ4v) is 11.1. The molecule has 59 heavy (non-hydrogen) atoms. The molecule has 3 aliphatic carbocycles. The maximum absolute atomic E-state index is 2.50. The second-order valence-corrected chi connectivity index (χ2v) is 16.8. The topological polar surface area (TPSA) is 3.24 Å². The van der Waals surface area contributed by atoms with Crippen molar-refractivity contribution < 1.29 is 0 Å². The number of rotatable bonds is 5. The Labute approximate surface area is 346 Å². The average molecular weight is 752 g/mol. The zero-order chi connectivity index (χ0) is 39.3. The van der Waals surface area contributed by atoms with E-state index in [1.807, 2.05) is 0 Å². The number of hydrogen-bond acceptors (Lipinski definition) is 1. The van der Waals surface area contributed by atoms with E-state index in [2.05, 4.69) is 231 Å². The van der Waals surface area contributed by atoms with Crippen LogP contribution in [0.5, 0.6) is 0 Å². The van der Waals surface area contributed by atoms with Crippen LogP contribution >= 0.6 is 0 Å². The molecule has 12 rings (SSSR count). The van der Waals surface area contributed by atoms with Gasteiger partial charge in [0.25, 0.3) is 0 Å². The predicted molar refractivity (Wildman–Crippen MR) is 246 cm³/mol. The summed E-state index contributed by atoms with van der Waals surface area (Å²) < 4.78 is 0. The Balaban J connectivity index is 1.10. The van der Waals surface area contributed by atoms with Crippen LogP contribution in [0.15, 0.2) is 212 Å². The van der Waals surface area contributed by atoms with Crippen molar-refractivity contribution in [2.24, 2.45) is 0 Å². The number of nitrogens with zero attached hydrogens (tertiary/aromatic N) is 1. The normalized spacial score (nSPS) is 14.2. The molecule has 1 spiro atoms. The summed E-state index contributed by atoms with van der Waals surface area (Å²) in [5.74, 6) is 0. The minimum Gasteiger partial charge on any atom is -0.310 e. The second kappa shape index (κ2) is 12.6. The Hall–Kier alpha value is -7.22. The zero-order valence-corrected chi connectivity index (χ0v) is 33.2. The third-order valence-corrected chi connectivity index (χ3v) is 13.5.